The van der Waals surface area contributed by atoms with Gasteiger partial charge in [0.05, 0.1) is 16.2 Å². The number of ketones is 1. The average Bonchev–Trinajstić information content (AvgIpc) is 2.91. The van der Waals surface area contributed by atoms with Crippen LogP contribution in [-0.2, 0) is 14.8 Å². The van der Waals surface area contributed by atoms with Crippen LogP contribution in [0.15, 0.2) is 82.6 Å². The summed E-state index contributed by atoms with van der Waals surface area (Å²) in [4.78, 5) is 12.6. The van der Waals surface area contributed by atoms with Crippen molar-refractivity contribution < 1.29 is 18.3 Å². The number of carbonyl (C=O) groups excluding carboxylic acids is 1. The van der Waals surface area contributed by atoms with Gasteiger partial charge in [0, 0.05) is 6.54 Å². The molecule has 5 nitrogen and oxygen atoms in total. The molecule has 0 atom stereocenters. The summed E-state index contributed by atoms with van der Waals surface area (Å²) < 4.78 is 28.8. The molecule has 1 aliphatic heterocycles. The molecule has 0 unspecified atom stereocenters. The molecule has 0 bridgehead atoms. The van der Waals surface area contributed by atoms with E-state index >= 15 is 0 Å². The maximum atomic E-state index is 13.7. The summed E-state index contributed by atoms with van der Waals surface area (Å²) in [6.45, 7) is 6.79. The molecular formula is C24H27NO4S. The van der Waals surface area contributed by atoms with Crippen molar-refractivity contribution >= 4 is 26.6 Å². The zero-order valence-electron chi connectivity index (χ0n) is 17.4. The Kier molecular flexibility index (Phi) is 6.46. The van der Waals surface area contributed by atoms with E-state index in [1.807, 2.05) is 24.3 Å². The van der Waals surface area contributed by atoms with Gasteiger partial charge < -0.3 is 5.11 Å². The fraction of sp³-hybridized carbons (Fsp3) is 0.292. The van der Waals surface area contributed by atoms with Crippen LogP contribution in [0, 0.1) is 0 Å². The first-order chi connectivity index (χ1) is 14.3. The second kappa shape index (κ2) is 8.88. The molecule has 1 aliphatic rings. The second-order valence-corrected chi connectivity index (χ2v) is 9.37. The topological polar surface area (TPSA) is 74.7 Å². The van der Waals surface area contributed by atoms with Crippen LogP contribution >= 0.6 is 0 Å². The van der Waals surface area contributed by atoms with E-state index in [0.717, 1.165) is 22.8 Å². The molecule has 0 spiro atoms. The van der Waals surface area contributed by atoms with Crippen LogP contribution in [0.2, 0.25) is 0 Å². The second-order valence-electron chi connectivity index (χ2n) is 7.50. The van der Waals surface area contributed by atoms with Crippen LogP contribution in [0.4, 0.5) is 0 Å². The van der Waals surface area contributed by atoms with Gasteiger partial charge in [-0.25, -0.2) is 8.42 Å². The number of benzene rings is 2. The molecule has 0 amide bonds. The van der Waals surface area contributed by atoms with Gasteiger partial charge in [0.2, 0.25) is 0 Å². The summed E-state index contributed by atoms with van der Waals surface area (Å²) in [5, 5.41) is 12.1. The zero-order chi connectivity index (χ0) is 21.9. The third-order valence-corrected chi connectivity index (χ3v) is 7.12. The highest BCUT2D eigenvalue weighted by atomic mass is 32.2. The summed E-state index contributed by atoms with van der Waals surface area (Å²) in [5.74, 6) is -0.549. The Labute approximate surface area is 178 Å². The van der Waals surface area contributed by atoms with E-state index in [4.69, 9.17) is 0 Å². The van der Waals surface area contributed by atoms with Crippen LogP contribution in [0.5, 0.6) is 0 Å². The highest BCUT2D eigenvalue weighted by Gasteiger charge is 2.34. The van der Waals surface area contributed by atoms with Crippen molar-refractivity contribution in [3.05, 3.63) is 77.7 Å². The minimum absolute atomic E-state index is 0.0538. The van der Waals surface area contributed by atoms with Gasteiger partial charge in [-0.1, -0.05) is 36.4 Å². The summed E-state index contributed by atoms with van der Waals surface area (Å²) in [6.07, 6.45) is 4.25. The molecule has 1 heterocycles. The first kappa shape index (κ1) is 21.8. The lowest BCUT2D eigenvalue weighted by atomic mass is 9.97. The fourth-order valence-corrected chi connectivity index (χ4v) is 5.56. The van der Waals surface area contributed by atoms with Crippen LogP contribution < -0.4 is 0 Å². The van der Waals surface area contributed by atoms with Crippen molar-refractivity contribution in [3.63, 3.8) is 0 Å². The molecule has 0 radical (unpaired) electrons. The van der Waals surface area contributed by atoms with Crippen LogP contribution in [0.3, 0.4) is 0 Å². The number of nitrogens with zero attached hydrogens (tertiary/aromatic N) is 1. The van der Waals surface area contributed by atoms with Gasteiger partial charge in [-0.2, -0.15) is 0 Å². The van der Waals surface area contributed by atoms with E-state index < -0.39 is 10.0 Å². The summed E-state index contributed by atoms with van der Waals surface area (Å²) in [5.41, 5.74) is 1.15. The van der Waals surface area contributed by atoms with Gasteiger partial charge in [-0.15, -0.1) is 6.58 Å². The van der Waals surface area contributed by atoms with Crippen molar-refractivity contribution in [1.82, 2.24) is 4.31 Å². The molecule has 0 fully saturated rings. The first-order valence-electron chi connectivity index (χ1n) is 10.0. The average molecular weight is 426 g/mol. The van der Waals surface area contributed by atoms with Gasteiger partial charge in [-0.05, 0) is 68.0 Å². The molecular weight excluding hydrogens is 398 g/mol. The maximum absolute atomic E-state index is 13.7. The number of fused-ring (bicyclic) bond motifs is 1. The smallest absolute Gasteiger partial charge is 0.264 e. The summed E-state index contributed by atoms with van der Waals surface area (Å²) in [7, 11) is -3.95. The number of carbonyl (C=O) groups is 1. The van der Waals surface area contributed by atoms with Crippen LogP contribution in [0.1, 0.15) is 39.5 Å². The van der Waals surface area contributed by atoms with E-state index in [0.29, 0.717) is 25.0 Å². The lowest BCUT2D eigenvalue weighted by molar-refractivity contribution is -0.113. The van der Waals surface area contributed by atoms with E-state index in [1.165, 1.54) is 18.2 Å². The van der Waals surface area contributed by atoms with E-state index in [2.05, 4.69) is 6.58 Å². The lowest BCUT2D eigenvalue weighted by Gasteiger charge is -2.29. The van der Waals surface area contributed by atoms with Crippen molar-refractivity contribution in [2.24, 2.45) is 0 Å². The van der Waals surface area contributed by atoms with Gasteiger partial charge in [0.25, 0.3) is 10.0 Å². The fourth-order valence-electron chi connectivity index (χ4n) is 3.96. The van der Waals surface area contributed by atoms with Crippen molar-refractivity contribution in [2.75, 3.05) is 6.54 Å². The Hall–Kier alpha value is -2.86. The Bertz CT molecular complexity index is 1150. The van der Waals surface area contributed by atoms with Gasteiger partial charge in [-0.3, -0.25) is 9.10 Å². The van der Waals surface area contributed by atoms with Crippen LogP contribution in [0.25, 0.3) is 10.8 Å². The predicted molar refractivity (Wildman–Crippen MR) is 120 cm³/mol. The van der Waals surface area contributed by atoms with Crippen LogP contribution in [-0.4, -0.2) is 30.2 Å². The number of rotatable bonds is 6. The maximum Gasteiger partial charge on any atom is 0.264 e. The predicted octanol–water partition coefficient (Wildman–Crippen LogP) is 5.27. The molecule has 6 heteroatoms. The molecule has 0 saturated heterocycles. The number of hydrogen-bond acceptors (Lipinski definition) is 4. The Balaban J connectivity index is 2.25. The minimum atomic E-state index is -3.95. The summed E-state index contributed by atoms with van der Waals surface area (Å²) >= 11 is 0. The molecule has 0 saturated carbocycles. The molecule has 0 aliphatic carbocycles. The molecule has 30 heavy (non-hydrogen) atoms. The Morgan fingerprint density at radius 2 is 1.83 bits per heavy atom. The van der Waals surface area contributed by atoms with Crippen molar-refractivity contribution in [1.29, 1.82) is 0 Å². The lowest BCUT2D eigenvalue weighted by Crippen LogP contribution is -2.33. The monoisotopic (exact) mass is 425 g/mol. The number of aliphatic hydroxyl groups excluding tert-OH is 1. The Morgan fingerprint density at radius 3 is 2.47 bits per heavy atom. The zero-order valence-corrected chi connectivity index (χ0v) is 18.2. The third-order valence-electron chi connectivity index (χ3n) is 5.32. The molecule has 1 N–H and O–H groups in total. The van der Waals surface area contributed by atoms with E-state index in [-0.39, 0.29) is 28.6 Å². The highest BCUT2D eigenvalue weighted by molar-refractivity contribution is 7.89. The van der Waals surface area contributed by atoms with Crippen molar-refractivity contribution in [2.45, 2.75) is 44.4 Å². The molecule has 0 aromatic heterocycles. The largest absolute Gasteiger partial charge is 0.512 e. The number of aliphatic hydroxyl groups is 1. The first-order valence-corrected chi connectivity index (χ1v) is 11.5. The van der Waals surface area contributed by atoms with Gasteiger partial charge >= 0.3 is 0 Å². The number of allylic oxidation sites excluding steroid dienone is 4. The third kappa shape index (κ3) is 4.19. The standard InChI is InChI=1S/C24H27NO4S/c1-4-9-20-11-7-8-15-25(24(20)23(17(2)26)18(3)27)30(28,29)22-14-13-19-10-5-6-12-21(19)16-22/h4-6,10,12-14,16,26H,1,7-9,11,15H2,2-3H3. The van der Waals surface area contributed by atoms with E-state index in [1.54, 1.807) is 24.3 Å². The van der Waals surface area contributed by atoms with E-state index in [9.17, 15) is 18.3 Å². The Morgan fingerprint density at radius 1 is 1.13 bits per heavy atom. The molecule has 2 aromatic rings. The highest BCUT2D eigenvalue weighted by Crippen LogP contribution is 2.35. The molecule has 3 rings (SSSR count). The minimum Gasteiger partial charge on any atom is -0.512 e. The number of Topliss-reactive ketones (excluding diaryl/α,β-unsaturated/α-hetero) is 1. The molecule has 2 aromatic carbocycles. The van der Waals surface area contributed by atoms with Gasteiger partial charge in [0.1, 0.15) is 5.76 Å². The summed E-state index contributed by atoms with van der Waals surface area (Å²) in [6, 6.07) is 12.6. The SMILES string of the molecule is C=CCC1=C(C(C(C)=O)=C(C)O)N(S(=O)(=O)c2ccc3ccccc3c2)CCCC1. The van der Waals surface area contributed by atoms with Crippen molar-refractivity contribution in [3.8, 4) is 0 Å². The normalized spacial score (nSPS) is 16.3. The number of hydrogen-bond donors (Lipinski definition) is 1. The van der Waals surface area contributed by atoms with Gasteiger partial charge in [0.15, 0.2) is 5.78 Å². The number of sulfonamides is 1. The molecule has 158 valence electrons. The quantitative estimate of drug-likeness (QED) is 0.389.